The molecule has 1 aliphatic heterocycles. The molecule has 5 nitrogen and oxygen atoms in total. The molecule has 2 aromatic carbocycles. The summed E-state index contributed by atoms with van der Waals surface area (Å²) in [5, 5.41) is 3.27. The number of hydrogen-bond donors (Lipinski definition) is 1. The van der Waals surface area contributed by atoms with Gasteiger partial charge in [-0.1, -0.05) is 73.5 Å². The van der Waals surface area contributed by atoms with Crippen molar-refractivity contribution in [2.75, 3.05) is 6.54 Å². The van der Waals surface area contributed by atoms with Crippen LogP contribution in [0.2, 0.25) is 0 Å². The van der Waals surface area contributed by atoms with Gasteiger partial charge in [-0.2, -0.15) is 0 Å². The van der Waals surface area contributed by atoms with Gasteiger partial charge < -0.3 is 14.8 Å². The molecule has 1 aromatic heterocycles. The molecule has 5 heteroatoms. The minimum Gasteiger partial charge on any atom is -0.351 e. The third kappa shape index (κ3) is 4.08. The Kier molecular flexibility index (Phi) is 5.79. The monoisotopic (exact) mass is 441 g/mol. The van der Waals surface area contributed by atoms with Gasteiger partial charge in [0, 0.05) is 18.3 Å². The molecule has 1 unspecified atom stereocenters. The number of fused-ring (bicyclic) bond motifs is 1. The van der Waals surface area contributed by atoms with Crippen LogP contribution in [0.3, 0.4) is 0 Å². The molecule has 1 saturated carbocycles. The van der Waals surface area contributed by atoms with Crippen LogP contribution in [-0.2, 0) is 17.8 Å². The molecule has 0 saturated heterocycles. The molecular formula is C28H31N3O2. The highest BCUT2D eigenvalue weighted by molar-refractivity contribution is 6.00. The second-order valence-corrected chi connectivity index (χ2v) is 9.48. The van der Waals surface area contributed by atoms with E-state index in [1.807, 2.05) is 72.2 Å². The Morgan fingerprint density at radius 1 is 0.939 bits per heavy atom. The van der Waals surface area contributed by atoms with Crippen molar-refractivity contribution in [1.82, 2.24) is 14.8 Å². The van der Waals surface area contributed by atoms with Gasteiger partial charge in [-0.15, -0.1) is 0 Å². The number of aromatic nitrogens is 1. The van der Waals surface area contributed by atoms with Gasteiger partial charge in [-0.25, -0.2) is 0 Å². The van der Waals surface area contributed by atoms with Gasteiger partial charge in [0.25, 0.3) is 5.91 Å². The van der Waals surface area contributed by atoms with Crippen LogP contribution >= 0.6 is 0 Å². The number of amides is 2. The van der Waals surface area contributed by atoms with Gasteiger partial charge in [0.1, 0.15) is 11.2 Å². The van der Waals surface area contributed by atoms with E-state index in [2.05, 4.69) is 17.4 Å². The van der Waals surface area contributed by atoms with E-state index in [-0.39, 0.29) is 17.9 Å². The molecule has 3 aromatic rings. The van der Waals surface area contributed by atoms with E-state index in [0.29, 0.717) is 25.2 Å². The topological polar surface area (TPSA) is 54.3 Å². The first-order valence-electron chi connectivity index (χ1n) is 12.0. The minimum atomic E-state index is -0.954. The van der Waals surface area contributed by atoms with Crippen molar-refractivity contribution in [1.29, 1.82) is 0 Å². The average Bonchev–Trinajstić information content (AvgIpc) is 3.50. The summed E-state index contributed by atoms with van der Waals surface area (Å²) >= 11 is 0. The van der Waals surface area contributed by atoms with Gasteiger partial charge in [0.2, 0.25) is 5.91 Å². The number of carbonyl (C=O) groups excluding carboxylic acids is 2. The smallest absolute Gasteiger partial charge is 0.271 e. The first-order valence-corrected chi connectivity index (χ1v) is 12.0. The van der Waals surface area contributed by atoms with Crippen LogP contribution in [0.15, 0.2) is 72.8 Å². The number of carbonyl (C=O) groups is 2. The van der Waals surface area contributed by atoms with E-state index >= 15 is 0 Å². The molecule has 0 bridgehead atoms. The molecule has 170 valence electrons. The number of hydrogen-bond acceptors (Lipinski definition) is 2. The standard InChI is InChI=1S/C28H31N3O2/c1-28(27(33)29-23-14-8-9-15-23)20-30-24(22-12-6-3-7-13-22)16-17-25(30)26(32)31(28)19-18-21-10-4-2-5-11-21/h2-7,10-13,16-17,23H,8-9,14-15,18-20H2,1H3,(H,29,33). The second-order valence-electron chi connectivity index (χ2n) is 9.48. The van der Waals surface area contributed by atoms with E-state index in [0.717, 1.165) is 42.5 Å². The van der Waals surface area contributed by atoms with Crippen molar-refractivity contribution in [3.63, 3.8) is 0 Å². The summed E-state index contributed by atoms with van der Waals surface area (Å²) in [6, 6.07) is 24.3. The zero-order chi connectivity index (χ0) is 22.8. The molecule has 1 fully saturated rings. The molecule has 0 spiro atoms. The van der Waals surface area contributed by atoms with Crippen molar-refractivity contribution < 1.29 is 9.59 Å². The van der Waals surface area contributed by atoms with Crippen molar-refractivity contribution in [3.05, 3.63) is 84.1 Å². The molecule has 0 radical (unpaired) electrons. The predicted octanol–water partition coefficient (Wildman–Crippen LogP) is 4.67. The zero-order valence-corrected chi connectivity index (χ0v) is 19.2. The van der Waals surface area contributed by atoms with Crippen molar-refractivity contribution in [2.45, 2.75) is 57.2 Å². The zero-order valence-electron chi connectivity index (χ0n) is 19.2. The Morgan fingerprint density at radius 3 is 2.27 bits per heavy atom. The Morgan fingerprint density at radius 2 is 1.58 bits per heavy atom. The molecule has 1 aliphatic carbocycles. The SMILES string of the molecule is CC1(C(=O)NC2CCCC2)Cn2c(ccc2-c2ccccc2)C(=O)N1CCc1ccccc1. The Balaban J connectivity index is 1.50. The summed E-state index contributed by atoms with van der Waals surface area (Å²) in [6.07, 6.45) is 5.05. The van der Waals surface area contributed by atoms with E-state index < -0.39 is 5.54 Å². The van der Waals surface area contributed by atoms with Crippen molar-refractivity contribution in [3.8, 4) is 11.3 Å². The summed E-state index contributed by atoms with van der Waals surface area (Å²) in [5.74, 6) is -0.127. The fourth-order valence-corrected chi connectivity index (χ4v) is 5.28. The fourth-order valence-electron chi connectivity index (χ4n) is 5.28. The lowest BCUT2D eigenvalue weighted by atomic mass is 9.93. The van der Waals surface area contributed by atoms with Crippen LogP contribution in [-0.4, -0.2) is 39.4 Å². The van der Waals surface area contributed by atoms with Gasteiger partial charge in [-0.3, -0.25) is 9.59 Å². The summed E-state index contributed by atoms with van der Waals surface area (Å²) in [4.78, 5) is 29.3. The lowest BCUT2D eigenvalue weighted by molar-refractivity contribution is -0.133. The molecule has 2 heterocycles. The summed E-state index contributed by atoms with van der Waals surface area (Å²) in [6.45, 7) is 2.87. The van der Waals surface area contributed by atoms with Crippen LogP contribution in [0, 0.1) is 0 Å². The van der Waals surface area contributed by atoms with Gasteiger partial charge >= 0.3 is 0 Å². The molecule has 2 aliphatic rings. The van der Waals surface area contributed by atoms with E-state index in [1.165, 1.54) is 0 Å². The van der Waals surface area contributed by atoms with Crippen LogP contribution in [0.25, 0.3) is 11.3 Å². The normalized spacial score (nSPS) is 20.6. The second kappa shape index (κ2) is 8.89. The molecule has 1 N–H and O–H groups in total. The van der Waals surface area contributed by atoms with Crippen LogP contribution in [0.1, 0.15) is 48.7 Å². The quantitative estimate of drug-likeness (QED) is 0.604. The minimum absolute atomic E-state index is 0.0471. The summed E-state index contributed by atoms with van der Waals surface area (Å²) in [7, 11) is 0. The van der Waals surface area contributed by atoms with Crippen LogP contribution in [0.5, 0.6) is 0 Å². The Labute approximate surface area is 195 Å². The highest BCUT2D eigenvalue weighted by Crippen LogP contribution is 2.33. The number of nitrogens with one attached hydrogen (secondary N) is 1. The van der Waals surface area contributed by atoms with Gasteiger partial charge in [0.15, 0.2) is 0 Å². The lowest BCUT2D eigenvalue weighted by Crippen LogP contribution is -2.65. The largest absolute Gasteiger partial charge is 0.351 e. The third-order valence-electron chi connectivity index (χ3n) is 7.22. The Hall–Kier alpha value is -3.34. The van der Waals surface area contributed by atoms with E-state index in [9.17, 15) is 9.59 Å². The average molecular weight is 442 g/mol. The Bertz CT molecular complexity index is 1130. The van der Waals surface area contributed by atoms with E-state index in [1.54, 1.807) is 4.90 Å². The first kappa shape index (κ1) is 21.5. The molecule has 33 heavy (non-hydrogen) atoms. The summed E-state index contributed by atoms with van der Waals surface area (Å²) in [5.41, 5.74) is 2.88. The maximum absolute atomic E-state index is 13.8. The number of rotatable bonds is 6. The third-order valence-corrected chi connectivity index (χ3v) is 7.22. The molecule has 2 amide bonds. The van der Waals surface area contributed by atoms with Gasteiger partial charge in [-0.05, 0) is 49.4 Å². The molecule has 5 rings (SSSR count). The van der Waals surface area contributed by atoms with Crippen molar-refractivity contribution >= 4 is 11.8 Å². The molecular weight excluding hydrogens is 410 g/mol. The maximum atomic E-state index is 13.8. The number of nitrogens with zero attached hydrogens (tertiary/aromatic N) is 2. The lowest BCUT2D eigenvalue weighted by Gasteiger charge is -2.45. The molecule has 1 atom stereocenters. The van der Waals surface area contributed by atoms with Crippen molar-refractivity contribution in [2.24, 2.45) is 0 Å². The predicted molar refractivity (Wildman–Crippen MR) is 130 cm³/mol. The highest BCUT2D eigenvalue weighted by Gasteiger charge is 2.48. The van der Waals surface area contributed by atoms with Crippen LogP contribution in [0.4, 0.5) is 0 Å². The van der Waals surface area contributed by atoms with E-state index in [4.69, 9.17) is 0 Å². The number of benzene rings is 2. The highest BCUT2D eigenvalue weighted by atomic mass is 16.2. The van der Waals surface area contributed by atoms with Crippen LogP contribution < -0.4 is 5.32 Å². The fraction of sp³-hybridized carbons (Fsp3) is 0.357. The van der Waals surface area contributed by atoms with Gasteiger partial charge in [0.05, 0.1) is 6.54 Å². The first-order chi connectivity index (χ1) is 16.1. The summed E-state index contributed by atoms with van der Waals surface area (Å²) < 4.78 is 2.03. The maximum Gasteiger partial charge on any atom is 0.271 e.